The Morgan fingerprint density at radius 1 is 1.18 bits per heavy atom. The number of fused-ring (bicyclic) bond motifs is 1. The molecule has 5 heteroatoms. The SMILES string of the molecule is CCOC(=O)CC1CCCc2nc(C3CCCC3)n(Cc3ccc(Cl)cc3)c21. The van der Waals surface area contributed by atoms with E-state index in [4.69, 9.17) is 21.3 Å². The van der Waals surface area contributed by atoms with E-state index < -0.39 is 0 Å². The molecule has 28 heavy (non-hydrogen) atoms. The van der Waals surface area contributed by atoms with Gasteiger partial charge in [-0.2, -0.15) is 0 Å². The lowest BCUT2D eigenvalue weighted by molar-refractivity contribution is -0.143. The van der Waals surface area contributed by atoms with Crippen molar-refractivity contribution < 1.29 is 9.53 Å². The quantitative estimate of drug-likeness (QED) is 0.591. The maximum absolute atomic E-state index is 12.2. The van der Waals surface area contributed by atoms with Crippen molar-refractivity contribution in [1.82, 2.24) is 9.55 Å². The molecule has 0 N–H and O–H groups in total. The molecule has 1 fully saturated rings. The number of carbonyl (C=O) groups is 1. The van der Waals surface area contributed by atoms with Gasteiger partial charge in [0.25, 0.3) is 0 Å². The van der Waals surface area contributed by atoms with Crippen molar-refractivity contribution in [1.29, 1.82) is 0 Å². The minimum atomic E-state index is -0.0954. The molecule has 1 aromatic carbocycles. The average Bonchev–Trinajstić information content (AvgIpc) is 3.32. The van der Waals surface area contributed by atoms with Crippen LogP contribution < -0.4 is 0 Å². The van der Waals surface area contributed by atoms with Crippen LogP contribution in [0.3, 0.4) is 0 Å². The normalized spacial score (nSPS) is 19.6. The minimum Gasteiger partial charge on any atom is -0.466 e. The molecule has 1 aromatic heterocycles. The minimum absolute atomic E-state index is 0.0954. The second-order valence-electron chi connectivity index (χ2n) is 8.09. The van der Waals surface area contributed by atoms with Gasteiger partial charge < -0.3 is 9.30 Å². The number of rotatable bonds is 6. The zero-order chi connectivity index (χ0) is 19.5. The van der Waals surface area contributed by atoms with E-state index in [1.54, 1.807) is 0 Å². The molecule has 2 aliphatic rings. The third kappa shape index (κ3) is 4.12. The van der Waals surface area contributed by atoms with E-state index in [1.807, 2.05) is 19.1 Å². The van der Waals surface area contributed by atoms with Crippen molar-refractivity contribution in [3.05, 3.63) is 52.1 Å². The average molecular weight is 401 g/mol. The summed E-state index contributed by atoms with van der Waals surface area (Å²) in [7, 11) is 0. The number of esters is 1. The second kappa shape index (κ2) is 8.69. The van der Waals surface area contributed by atoms with Gasteiger partial charge in [0, 0.05) is 29.1 Å². The van der Waals surface area contributed by atoms with Crippen LogP contribution in [0, 0.1) is 0 Å². The highest BCUT2D eigenvalue weighted by Gasteiger charge is 2.32. The van der Waals surface area contributed by atoms with E-state index in [9.17, 15) is 4.79 Å². The number of halogens is 1. The van der Waals surface area contributed by atoms with Crippen molar-refractivity contribution in [3.8, 4) is 0 Å². The van der Waals surface area contributed by atoms with E-state index in [0.717, 1.165) is 30.8 Å². The zero-order valence-electron chi connectivity index (χ0n) is 16.6. The van der Waals surface area contributed by atoms with Crippen LogP contribution in [0.15, 0.2) is 24.3 Å². The topological polar surface area (TPSA) is 44.1 Å². The Morgan fingerprint density at radius 2 is 1.93 bits per heavy atom. The molecule has 0 radical (unpaired) electrons. The molecule has 2 aliphatic carbocycles. The van der Waals surface area contributed by atoms with Gasteiger partial charge in [-0.1, -0.05) is 36.6 Å². The molecule has 0 aliphatic heterocycles. The predicted octanol–water partition coefficient (Wildman–Crippen LogP) is 5.62. The fourth-order valence-corrected chi connectivity index (χ4v) is 5.01. The molecule has 1 atom stereocenters. The van der Waals surface area contributed by atoms with Crippen LogP contribution >= 0.6 is 11.6 Å². The van der Waals surface area contributed by atoms with Gasteiger partial charge in [0.15, 0.2) is 0 Å². The summed E-state index contributed by atoms with van der Waals surface area (Å²) in [5.74, 6) is 1.88. The zero-order valence-corrected chi connectivity index (χ0v) is 17.4. The molecule has 0 spiro atoms. The molecular formula is C23H29ClN2O2. The highest BCUT2D eigenvalue weighted by molar-refractivity contribution is 6.30. The van der Waals surface area contributed by atoms with Gasteiger partial charge in [0.05, 0.1) is 18.7 Å². The molecule has 1 heterocycles. The Kier molecular flexibility index (Phi) is 6.05. The van der Waals surface area contributed by atoms with Gasteiger partial charge in [-0.3, -0.25) is 4.79 Å². The summed E-state index contributed by atoms with van der Waals surface area (Å²) >= 11 is 6.08. The predicted molar refractivity (Wildman–Crippen MR) is 111 cm³/mol. The van der Waals surface area contributed by atoms with Gasteiger partial charge >= 0.3 is 5.97 Å². The van der Waals surface area contributed by atoms with Crippen molar-refractivity contribution >= 4 is 17.6 Å². The molecule has 4 rings (SSSR count). The highest BCUT2D eigenvalue weighted by Crippen LogP contribution is 2.40. The molecule has 0 bridgehead atoms. The van der Waals surface area contributed by atoms with Gasteiger partial charge in [0.1, 0.15) is 5.82 Å². The number of benzene rings is 1. The maximum Gasteiger partial charge on any atom is 0.306 e. The number of imidazole rings is 1. The Bertz CT molecular complexity index is 822. The van der Waals surface area contributed by atoms with Gasteiger partial charge in [-0.25, -0.2) is 4.98 Å². The maximum atomic E-state index is 12.2. The third-order valence-corrected chi connectivity index (χ3v) is 6.41. The van der Waals surface area contributed by atoms with E-state index in [0.29, 0.717) is 18.9 Å². The number of carbonyl (C=O) groups excluding carboxylic acids is 1. The molecule has 4 nitrogen and oxygen atoms in total. The van der Waals surface area contributed by atoms with Crippen LogP contribution in [-0.2, 0) is 22.5 Å². The molecule has 2 aromatic rings. The first-order chi connectivity index (χ1) is 13.7. The summed E-state index contributed by atoms with van der Waals surface area (Å²) in [5, 5.41) is 0.757. The molecule has 150 valence electrons. The van der Waals surface area contributed by atoms with Crippen LogP contribution in [0.25, 0.3) is 0 Å². The monoisotopic (exact) mass is 400 g/mol. The second-order valence-corrected chi connectivity index (χ2v) is 8.53. The van der Waals surface area contributed by atoms with E-state index in [-0.39, 0.29) is 11.9 Å². The van der Waals surface area contributed by atoms with E-state index in [1.165, 1.54) is 48.5 Å². The van der Waals surface area contributed by atoms with Crippen molar-refractivity contribution in [2.75, 3.05) is 6.61 Å². The number of aryl methyl sites for hydroxylation is 1. The Morgan fingerprint density at radius 3 is 2.64 bits per heavy atom. The summed E-state index contributed by atoms with van der Waals surface area (Å²) in [6, 6.07) is 8.09. The van der Waals surface area contributed by atoms with Crippen LogP contribution in [0.5, 0.6) is 0 Å². The Balaban J connectivity index is 1.71. The number of hydrogen-bond donors (Lipinski definition) is 0. The molecular weight excluding hydrogens is 372 g/mol. The van der Waals surface area contributed by atoms with Crippen LogP contribution in [0.1, 0.15) is 86.5 Å². The summed E-state index contributed by atoms with van der Waals surface area (Å²) in [4.78, 5) is 17.4. The first kappa shape index (κ1) is 19.5. The molecule has 0 amide bonds. The smallest absolute Gasteiger partial charge is 0.306 e. The molecule has 1 unspecified atom stereocenters. The Labute approximate surface area is 172 Å². The lowest BCUT2D eigenvalue weighted by Gasteiger charge is -2.25. The lowest BCUT2D eigenvalue weighted by atomic mass is 9.87. The molecule has 1 saturated carbocycles. The van der Waals surface area contributed by atoms with Crippen molar-refractivity contribution in [2.24, 2.45) is 0 Å². The standard InChI is InChI=1S/C23H29ClN2O2/c1-2-28-21(27)14-18-8-5-9-20-22(18)26(15-16-10-12-19(24)13-11-16)23(25-20)17-6-3-4-7-17/h10-13,17-18H,2-9,14-15H2,1H3. The van der Waals surface area contributed by atoms with Crippen molar-refractivity contribution in [2.45, 2.75) is 76.7 Å². The van der Waals surface area contributed by atoms with Gasteiger partial charge in [-0.05, 0) is 56.7 Å². The number of aromatic nitrogens is 2. The lowest BCUT2D eigenvalue weighted by Crippen LogP contribution is -2.20. The number of ether oxygens (including phenoxy) is 1. The van der Waals surface area contributed by atoms with E-state index >= 15 is 0 Å². The molecule has 0 saturated heterocycles. The number of hydrogen-bond acceptors (Lipinski definition) is 3. The summed E-state index contributed by atoms with van der Waals surface area (Å²) in [6.45, 7) is 3.10. The summed E-state index contributed by atoms with van der Waals surface area (Å²) < 4.78 is 7.68. The highest BCUT2D eigenvalue weighted by atomic mass is 35.5. The van der Waals surface area contributed by atoms with E-state index in [2.05, 4.69) is 16.7 Å². The van der Waals surface area contributed by atoms with Gasteiger partial charge in [-0.15, -0.1) is 0 Å². The third-order valence-electron chi connectivity index (χ3n) is 6.16. The first-order valence-electron chi connectivity index (χ1n) is 10.6. The fraction of sp³-hybridized carbons (Fsp3) is 0.565. The fourth-order valence-electron chi connectivity index (χ4n) is 4.88. The van der Waals surface area contributed by atoms with Gasteiger partial charge in [0.2, 0.25) is 0 Å². The van der Waals surface area contributed by atoms with Crippen LogP contribution in [-0.4, -0.2) is 22.1 Å². The van der Waals surface area contributed by atoms with Crippen LogP contribution in [0.2, 0.25) is 5.02 Å². The Hall–Kier alpha value is -1.81. The number of nitrogens with zero attached hydrogens (tertiary/aromatic N) is 2. The van der Waals surface area contributed by atoms with Crippen LogP contribution in [0.4, 0.5) is 0 Å². The largest absolute Gasteiger partial charge is 0.466 e. The van der Waals surface area contributed by atoms with Crippen molar-refractivity contribution in [3.63, 3.8) is 0 Å². The summed E-state index contributed by atoms with van der Waals surface area (Å²) in [6.07, 6.45) is 8.61. The summed E-state index contributed by atoms with van der Waals surface area (Å²) in [5.41, 5.74) is 3.71. The first-order valence-corrected chi connectivity index (χ1v) is 11.0.